The highest BCUT2D eigenvalue weighted by Crippen LogP contribution is 2.13. The first-order chi connectivity index (χ1) is 9.19. The Kier molecular flexibility index (Phi) is 4.10. The van der Waals surface area contributed by atoms with Crippen LogP contribution in [0.15, 0.2) is 42.6 Å². The predicted molar refractivity (Wildman–Crippen MR) is 73.8 cm³/mol. The summed E-state index contributed by atoms with van der Waals surface area (Å²) < 4.78 is 5.05. The van der Waals surface area contributed by atoms with Gasteiger partial charge < -0.3 is 15.8 Å². The summed E-state index contributed by atoms with van der Waals surface area (Å²) in [6.45, 7) is 0.500. The molecule has 1 amide bonds. The van der Waals surface area contributed by atoms with Crippen molar-refractivity contribution in [3.05, 3.63) is 53.9 Å². The molecular weight excluding hydrogens is 242 g/mol. The molecule has 2 rings (SSSR count). The lowest BCUT2D eigenvalue weighted by Crippen LogP contribution is -2.14. The standard InChI is InChI=1S/C14H15N3O2/c1-19-9-10-3-2-4-12(7-10)17-14(18)13-8-11(15)5-6-16-13/h2-8H,9H2,1H3,(H2,15,16)(H,17,18). The van der Waals surface area contributed by atoms with Crippen molar-refractivity contribution >= 4 is 17.3 Å². The van der Waals surface area contributed by atoms with Crippen molar-refractivity contribution in [3.63, 3.8) is 0 Å². The van der Waals surface area contributed by atoms with Crippen LogP contribution in [0.4, 0.5) is 11.4 Å². The van der Waals surface area contributed by atoms with Crippen LogP contribution < -0.4 is 11.1 Å². The molecular formula is C14H15N3O2. The lowest BCUT2D eigenvalue weighted by Gasteiger charge is -2.07. The van der Waals surface area contributed by atoms with Crippen LogP contribution in [0.2, 0.25) is 0 Å². The molecule has 19 heavy (non-hydrogen) atoms. The fraction of sp³-hybridized carbons (Fsp3) is 0.143. The zero-order valence-electron chi connectivity index (χ0n) is 10.6. The van der Waals surface area contributed by atoms with Crippen molar-refractivity contribution in [1.82, 2.24) is 4.98 Å². The number of nitrogens with one attached hydrogen (secondary N) is 1. The van der Waals surface area contributed by atoms with Gasteiger partial charge in [-0.2, -0.15) is 0 Å². The fourth-order valence-electron chi connectivity index (χ4n) is 1.67. The largest absolute Gasteiger partial charge is 0.399 e. The molecule has 0 atom stereocenters. The van der Waals surface area contributed by atoms with E-state index in [0.29, 0.717) is 18.0 Å². The van der Waals surface area contributed by atoms with Gasteiger partial charge in [-0.1, -0.05) is 12.1 Å². The smallest absolute Gasteiger partial charge is 0.274 e. The summed E-state index contributed by atoms with van der Waals surface area (Å²) in [5, 5.41) is 2.77. The van der Waals surface area contributed by atoms with Crippen molar-refractivity contribution in [2.24, 2.45) is 0 Å². The van der Waals surface area contributed by atoms with Crippen molar-refractivity contribution in [1.29, 1.82) is 0 Å². The minimum Gasteiger partial charge on any atom is -0.399 e. The second-order valence-corrected chi connectivity index (χ2v) is 4.06. The third kappa shape index (κ3) is 3.53. The van der Waals surface area contributed by atoms with E-state index in [1.54, 1.807) is 13.2 Å². The first kappa shape index (κ1) is 13.0. The number of nitrogen functional groups attached to an aromatic ring is 1. The summed E-state index contributed by atoms with van der Waals surface area (Å²) in [4.78, 5) is 16.0. The molecule has 0 saturated heterocycles. The second kappa shape index (κ2) is 5.97. The lowest BCUT2D eigenvalue weighted by molar-refractivity contribution is 0.102. The van der Waals surface area contributed by atoms with E-state index in [9.17, 15) is 4.79 Å². The molecule has 3 N–H and O–H groups in total. The number of carbonyl (C=O) groups excluding carboxylic acids is 1. The number of ether oxygens (including phenoxy) is 1. The Hall–Kier alpha value is -2.40. The number of hydrogen-bond acceptors (Lipinski definition) is 4. The topological polar surface area (TPSA) is 77.2 Å². The zero-order chi connectivity index (χ0) is 13.7. The molecule has 0 saturated carbocycles. The molecule has 0 spiro atoms. The Morgan fingerprint density at radius 3 is 2.95 bits per heavy atom. The number of nitrogens with zero attached hydrogens (tertiary/aromatic N) is 1. The van der Waals surface area contributed by atoms with E-state index in [2.05, 4.69) is 10.3 Å². The van der Waals surface area contributed by atoms with Crippen molar-refractivity contribution < 1.29 is 9.53 Å². The monoisotopic (exact) mass is 257 g/mol. The fourth-order valence-corrected chi connectivity index (χ4v) is 1.67. The second-order valence-electron chi connectivity index (χ2n) is 4.06. The maximum absolute atomic E-state index is 12.0. The maximum atomic E-state index is 12.0. The average molecular weight is 257 g/mol. The molecule has 0 aliphatic heterocycles. The lowest BCUT2D eigenvalue weighted by atomic mass is 10.2. The summed E-state index contributed by atoms with van der Waals surface area (Å²) in [5.41, 5.74) is 8.10. The Morgan fingerprint density at radius 2 is 2.21 bits per heavy atom. The van der Waals surface area contributed by atoms with Crippen molar-refractivity contribution in [2.45, 2.75) is 6.61 Å². The van der Waals surface area contributed by atoms with Crippen LogP contribution in [0.3, 0.4) is 0 Å². The van der Waals surface area contributed by atoms with Crippen LogP contribution >= 0.6 is 0 Å². The number of hydrogen-bond donors (Lipinski definition) is 2. The molecule has 1 aromatic carbocycles. The highest BCUT2D eigenvalue weighted by Gasteiger charge is 2.08. The quantitative estimate of drug-likeness (QED) is 0.879. The highest BCUT2D eigenvalue weighted by atomic mass is 16.5. The van der Waals surface area contributed by atoms with Gasteiger partial charge in [0, 0.05) is 24.7 Å². The summed E-state index contributed by atoms with van der Waals surface area (Å²) in [7, 11) is 1.63. The number of pyridine rings is 1. The zero-order valence-corrected chi connectivity index (χ0v) is 10.6. The highest BCUT2D eigenvalue weighted by molar-refractivity contribution is 6.03. The van der Waals surface area contributed by atoms with E-state index >= 15 is 0 Å². The van der Waals surface area contributed by atoms with Gasteiger partial charge in [-0.3, -0.25) is 9.78 Å². The molecule has 2 aromatic rings. The third-order valence-electron chi connectivity index (χ3n) is 2.51. The van der Waals surface area contributed by atoms with Crippen LogP contribution in [-0.2, 0) is 11.3 Å². The summed E-state index contributed by atoms with van der Waals surface area (Å²) in [5.74, 6) is -0.290. The van der Waals surface area contributed by atoms with Gasteiger partial charge in [-0.05, 0) is 29.8 Å². The molecule has 1 aromatic heterocycles. The van der Waals surface area contributed by atoms with E-state index in [0.717, 1.165) is 5.56 Å². The number of nitrogens with two attached hydrogens (primary N) is 1. The van der Waals surface area contributed by atoms with Gasteiger partial charge in [-0.15, -0.1) is 0 Å². The first-order valence-electron chi connectivity index (χ1n) is 5.80. The van der Waals surface area contributed by atoms with Gasteiger partial charge in [-0.25, -0.2) is 0 Å². The number of carbonyl (C=O) groups is 1. The number of rotatable bonds is 4. The minimum atomic E-state index is -0.290. The molecule has 0 fully saturated rings. The normalized spacial score (nSPS) is 10.2. The van der Waals surface area contributed by atoms with E-state index in [4.69, 9.17) is 10.5 Å². The first-order valence-corrected chi connectivity index (χ1v) is 5.80. The molecule has 0 unspecified atom stereocenters. The molecule has 0 bridgehead atoms. The van der Waals surface area contributed by atoms with E-state index < -0.39 is 0 Å². The van der Waals surface area contributed by atoms with Gasteiger partial charge in [0.1, 0.15) is 5.69 Å². The van der Waals surface area contributed by atoms with Crippen molar-refractivity contribution in [2.75, 3.05) is 18.2 Å². The number of aromatic nitrogens is 1. The van der Waals surface area contributed by atoms with Crippen LogP contribution in [-0.4, -0.2) is 18.0 Å². The van der Waals surface area contributed by atoms with E-state index in [1.165, 1.54) is 12.3 Å². The maximum Gasteiger partial charge on any atom is 0.274 e. The summed E-state index contributed by atoms with van der Waals surface area (Å²) >= 11 is 0. The van der Waals surface area contributed by atoms with Crippen LogP contribution in [0, 0.1) is 0 Å². The number of methoxy groups -OCH3 is 1. The molecule has 0 aliphatic rings. The van der Waals surface area contributed by atoms with Crippen LogP contribution in [0.25, 0.3) is 0 Å². The summed E-state index contributed by atoms with van der Waals surface area (Å²) in [6, 6.07) is 10.6. The van der Waals surface area contributed by atoms with Crippen molar-refractivity contribution in [3.8, 4) is 0 Å². The van der Waals surface area contributed by atoms with Crippen LogP contribution in [0.5, 0.6) is 0 Å². The van der Waals surface area contributed by atoms with Gasteiger partial charge in [0.05, 0.1) is 6.61 Å². The Balaban J connectivity index is 2.12. The van der Waals surface area contributed by atoms with Crippen LogP contribution in [0.1, 0.15) is 16.1 Å². The minimum absolute atomic E-state index is 0.289. The Labute approximate surface area is 111 Å². The number of anilines is 2. The molecule has 0 aliphatic carbocycles. The predicted octanol–water partition coefficient (Wildman–Crippen LogP) is 2.06. The molecule has 98 valence electrons. The molecule has 0 radical (unpaired) electrons. The van der Waals surface area contributed by atoms with E-state index in [1.807, 2.05) is 24.3 Å². The number of benzene rings is 1. The van der Waals surface area contributed by atoms with Gasteiger partial charge >= 0.3 is 0 Å². The molecule has 1 heterocycles. The number of amides is 1. The van der Waals surface area contributed by atoms with Gasteiger partial charge in [0.25, 0.3) is 5.91 Å². The summed E-state index contributed by atoms with van der Waals surface area (Å²) in [6.07, 6.45) is 1.51. The SMILES string of the molecule is COCc1cccc(NC(=O)c2cc(N)ccn2)c1. The molecule has 5 nitrogen and oxygen atoms in total. The molecule has 5 heteroatoms. The Morgan fingerprint density at radius 1 is 1.37 bits per heavy atom. The van der Waals surface area contributed by atoms with Gasteiger partial charge in [0.15, 0.2) is 0 Å². The average Bonchev–Trinajstić information content (AvgIpc) is 2.39. The third-order valence-corrected chi connectivity index (χ3v) is 2.51. The Bertz CT molecular complexity index is 584. The van der Waals surface area contributed by atoms with Gasteiger partial charge in [0.2, 0.25) is 0 Å². The van der Waals surface area contributed by atoms with E-state index in [-0.39, 0.29) is 11.6 Å².